The topological polar surface area (TPSA) is 243 Å². The lowest BCUT2D eigenvalue weighted by Crippen LogP contribution is -2.39. The SMILES string of the molecule is Cc1cc(CNC(=O)CCC2CCN(C(=O)OCc3ccc([N+](=O)[O-])cc3)CC2)ccc1C(=O)N1Cc2cnn(C)c2Nc2cc(Cl)ccc21.Cc1cc(CNC(=O)CCC2CCNCC2)ccc1C(=O)N1Cc2cnn(C)c2Nc2cc(Cl)ccc21.Cl. The summed E-state index contributed by atoms with van der Waals surface area (Å²) in [6.07, 6.45) is 9.57. The minimum absolute atomic E-state index is 0. The molecular formula is C64H72Cl3N13O8. The fourth-order valence-electron chi connectivity index (χ4n) is 11.6. The van der Waals surface area contributed by atoms with Gasteiger partial charge in [0, 0.05) is 97.5 Å². The van der Waals surface area contributed by atoms with E-state index in [4.69, 9.17) is 27.9 Å². The van der Waals surface area contributed by atoms with Gasteiger partial charge in [-0.25, -0.2) is 4.79 Å². The number of anilines is 6. The second-order valence-corrected chi connectivity index (χ2v) is 23.5. The van der Waals surface area contributed by atoms with Crippen molar-refractivity contribution in [1.82, 2.24) is 40.4 Å². The molecule has 2 aromatic heterocycles. The predicted octanol–water partition coefficient (Wildman–Crippen LogP) is 11.7. The standard InChI is InChI=1S/C36H38ClN7O6.C28H33ClN6O2.ClH/c1-23-17-26(5-10-30(23)35(46)43-21-27-20-39-41(2)34(27)40-31-18-28(37)7-11-32(31)43)19-38-33(45)12-6-24-13-15-42(16-14-24)36(47)50-22-25-3-8-29(9-4-25)44(48)49;1-18-13-20(15-31-26(36)8-4-19-9-11-30-12-10-19)3-6-23(18)28(37)35-17-21-16-32-34(2)27(21)33-24-14-22(29)5-7-25(24)35;/h3-5,7-11,17-18,20,24,40H,6,12-16,19,21-22H2,1-2H3,(H,38,45);3,5-7,13-14,16,19,30,33H,4,8-12,15,17H2,1-2H3,(H,31,36);1H. The van der Waals surface area contributed by atoms with Gasteiger partial charge in [0.2, 0.25) is 11.8 Å². The van der Waals surface area contributed by atoms with Crippen molar-refractivity contribution in [3.8, 4) is 0 Å². The molecular weight excluding hydrogens is 1190 g/mol. The number of aromatic nitrogens is 4. The molecule has 2 fully saturated rings. The lowest BCUT2D eigenvalue weighted by molar-refractivity contribution is -0.384. The first kappa shape index (κ1) is 64.0. The van der Waals surface area contributed by atoms with Crippen LogP contribution in [0.15, 0.2) is 109 Å². The van der Waals surface area contributed by atoms with Crippen LogP contribution in [0.2, 0.25) is 10.0 Å². The molecule has 11 rings (SSSR count). The third-order valence-corrected chi connectivity index (χ3v) is 17.1. The van der Waals surface area contributed by atoms with E-state index < -0.39 is 11.0 Å². The molecule has 0 aliphatic carbocycles. The van der Waals surface area contributed by atoms with Crippen molar-refractivity contribution < 1.29 is 33.6 Å². The highest BCUT2D eigenvalue weighted by Gasteiger charge is 2.31. The van der Waals surface area contributed by atoms with E-state index in [-0.39, 0.29) is 48.3 Å². The number of amides is 5. The number of nitrogens with zero attached hydrogens (tertiary/aromatic N) is 8. The van der Waals surface area contributed by atoms with Crippen LogP contribution in [0.25, 0.3) is 0 Å². The van der Waals surface area contributed by atoms with Crippen LogP contribution in [0.5, 0.6) is 0 Å². The van der Waals surface area contributed by atoms with Crippen LogP contribution in [-0.4, -0.2) is 85.3 Å². The zero-order valence-electron chi connectivity index (χ0n) is 49.6. The molecule has 0 bridgehead atoms. The highest BCUT2D eigenvalue weighted by molar-refractivity contribution is 6.31. The Morgan fingerprint density at radius 3 is 1.55 bits per heavy atom. The molecule has 88 heavy (non-hydrogen) atoms. The third kappa shape index (κ3) is 15.6. The van der Waals surface area contributed by atoms with Gasteiger partial charge >= 0.3 is 6.09 Å². The van der Waals surface area contributed by atoms with Crippen LogP contribution in [0.3, 0.4) is 0 Å². The van der Waals surface area contributed by atoms with Gasteiger partial charge in [-0.05, 0) is 166 Å². The maximum Gasteiger partial charge on any atom is 0.410 e. The second-order valence-electron chi connectivity index (χ2n) is 22.7. The number of hydrogen-bond acceptors (Lipinski definition) is 13. The van der Waals surface area contributed by atoms with Crippen molar-refractivity contribution in [2.45, 2.75) is 98.0 Å². The van der Waals surface area contributed by atoms with Crippen LogP contribution in [0, 0.1) is 35.8 Å². The van der Waals surface area contributed by atoms with E-state index in [9.17, 15) is 34.1 Å². The van der Waals surface area contributed by atoms with Crippen LogP contribution in [0.1, 0.15) is 111 Å². The molecule has 2 saturated heterocycles. The number of rotatable bonds is 15. The number of benzene rings is 5. The second kappa shape index (κ2) is 29.0. The summed E-state index contributed by atoms with van der Waals surface area (Å²) in [5.74, 6) is 2.38. The normalized spacial score (nSPS) is 14.5. The monoisotopic (exact) mass is 1260 g/mol. The molecule has 7 aromatic rings. The molecule has 0 atom stereocenters. The molecule has 0 spiro atoms. The average Bonchev–Trinajstić information content (AvgIpc) is 2.14. The highest BCUT2D eigenvalue weighted by Crippen LogP contribution is 2.40. The zero-order chi connectivity index (χ0) is 61.3. The highest BCUT2D eigenvalue weighted by atomic mass is 35.5. The number of aryl methyl sites for hydroxylation is 4. The molecule has 5 aromatic carbocycles. The Hall–Kier alpha value is -8.50. The van der Waals surface area contributed by atoms with Gasteiger partial charge in [0.1, 0.15) is 18.2 Å². The largest absolute Gasteiger partial charge is 0.445 e. The van der Waals surface area contributed by atoms with Crippen LogP contribution in [-0.2, 0) is 61.2 Å². The van der Waals surface area contributed by atoms with Gasteiger partial charge in [-0.1, -0.05) is 47.5 Å². The van der Waals surface area contributed by atoms with E-state index >= 15 is 0 Å². The van der Waals surface area contributed by atoms with Crippen molar-refractivity contribution in [2.75, 3.05) is 46.6 Å². The van der Waals surface area contributed by atoms with Crippen LogP contribution >= 0.6 is 35.6 Å². The Kier molecular flexibility index (Phi) is 21.1. The fraction of sp³-hybridized carbons (Fsp3) is 0.359. The Morgan fingerprint density at radius 1 is 0.636 bits per heavy atom. The number of non-ortho nitro benzene ring substituents is 1. The molecule has 4 aliphatic rings. The van der Waals surface area contributed by atoms with Gasteiger partial charge in [0.25, 0.3) is 17.5 Å². The minimum atomic E-state index is -0.474. The maximum atomic E-state index is 13.9. The van der Waals surface area contributed by atoms with Crippen molar-refractivity contribution in [1.29, 1.82) is 0 Å². The number of ether oxygens (including phenoxy) is 1. The number of likely N-dealkylation sites (tertiary alicyclic amines) is 1. The molecule has 462 valence electrons. The third-order valence-electron chi connectivity index (χ3n) is 16.6. The minimum Gasteiger partial charge on any atom is -0.445 e. The number of carbonyl (C=O) groups excluding carboxylic acids is 5. The van der Waals surface area contributed by atoms with E-state index in [1.165, 1.54) is 12.1 Å². The number of nitrogens with one attached hydrogen (secondary N) is 5. The lowest BCUT2D eigenvalue weighted by Gasteiger charge is -2.31. The molecule has 0 radical (unpaired) electrons. The number of nitro benzene ring substituents is 1. The van der Waals surface area contributed by atoms with Gasteiger partial charge in [0.15, 0.2) is 0 Å². The summed E-state index contributed by atoms with van der Waals surface area (Å²) in [5.41, 5.74) is 10.1. The summed E-state index contributed by atoms with van der Waals surface area (Å²) >= 11 is 12.6. The van der Waals surface area contributed by atoms with Gasteiger partial charge in [-0.2, -0.15) is 10.2 Å². The van der Waals surface area contributed by atoms with Crippen molar-refractivity contribution in [3.63, 3.8) is 0 Å². The summed E-state index contributed by atoms with van der Waals surface area (Å²) in [4.78, 5) is 80.9. The molecule has 0 unspecified atom stereocenters. The van der Waals surface area contributed by atoms with Crippen molar-refractivity contribution in [2.24, 2.45) is 25.9 Å². The van der Waals surface area contributed by atoms with E-state index in [2.05, 4.69) is 36.8 Å². The summed E-state index contributed by atoms with van der Waals surface area (Å²) in [6, 6.07) is 28.2. The van der Waals surface area contributed by atoms with Crippen molar-refractivity contribution >= 4 is 105 Å². The molecule has 21 nitrogen and oxygen atoms in total. The zero-order valence-corrected chi connectivity index (χ0v) is 51.9. The summed E-state index contributed by atoms with van der Waals surface area (Å²) < 4.78 is 8.89. The van der Waals surface area contributed by atoms with Gasteiger partial charge in [0.05, 0.1) is 53.2 Å². The van der Waals surface area contributed by atoms with Crippen LogP contribution in [0.4, 0.5) is 44.9 Å². The Morgan fingerprint density at radius 2 is 1.09 bits per heavy atom. The van der Waals surface area contributed by atoms with E-state index in [1.54, 1.807) is 66.8 Å². The first-order valence-electron chi connectivity index (χ1n) is 29.3. The molecule has 0 saturated carbocycles. The van der Waals surface area contributed by atoms with Gasteiger partial charge in [-0.3, -0.25) is 38.7 Å². The molecule has 6 heterocycles. The van der Waals surface area contributed by atoms with Gasteiger partial charge in [-0.15, -0.1) is 12.4 Å². The molecule has 5 N–H and O–H groups in total. The Balaban J connectivity index is 0.000000216. The van der Waals surface area contributed by atoms with E-state index in [0.29, 0.717) is 90.7 Å². The summed E-state index contributed by atoms with van der Waals surface area (Å²) in [5, 5.41) is 36.8. The van der Waals surface area contributed by atoms with E-state index in [1.807, 2.05) is 82.5 Å². The molecule has 4 aliphatic heterocycles. The number of hydrogen-bond donors (Lipinski definition) is 5. The molecule has 24 heteroatoms. The smallest absolute Gasteiger partial charge is 0.410 e. The predicted molar refractivity (Wildman–Crippen MR) is 342 cm³/mol. The summed E-state index contributed by atoms with van der Waals surface area (Å²) in [6.45, 7) is 8.60. The van der Waals surface area contributed by atoms with Gasteiger partial charge < -0.3 is 46.0 Å². The summed E-state index contributed by atoms with van der Waals surface area (Å²) in [7, 11) is 3.71. The average molecular weight is 1260 g/mol. The fourth-order valence-corrected chi connectivity index (χ4v) is 11.9. The first-order valence-corrected chi connectivity index (χ1v) is 30.1. The quantitative estimate of drug-likeness (QED) is 0.0474. The number of nitro groups is 1. The van der Waals surface area contributed by atoms with E-state index in [0.717, 1.165) is 119 Å². The molecule has 5 amide bonds. The number of halogens is 3. The lowest BCUT2D eigenvalue weighted by atomic mass is 9.92. The number of fused-ring (bicyclic) bond motifs is 4. The Bertz CT molecular complexity index is 3710. The Labute approximate surface area is 527 Å². The van der Waals surface area contributed by atoms with Crippen LogP contribution < -0.4 is 36.4 Å². The first-order chi connectivity index (χ1) is 41.9. The van der Waals surface area contributed by atoms with Crippen molar-refractivity contribution in [3.05, 3.63) is 180 Å². The number of carbonyl (C=O) groups is 5. The number of piperidine rings is 2. The maximum absolute atomic E-state index is 13.9.